The molecule has 1 aliphatic heterocycles. The van der Waals surface area contributed by atoms with Gasteiger partial charge in [0.1, 0.15) is 0 Å². The van der Waals surface area contributed by atoms with Gasteiger partial charge in [0.15, 0.2) is 0 Å². The minimum atomic E-state index is 0. The molecule has 0 saturated carbocycles. The maximum absolute atomic E-state index is 5.44. The van der Waals surface area contributed by atoms with Gasteiger partial charge in [0.05, 0.1) is 43.3 Å². The molecular formula is C19H24ClN5O. The Balaban J connectivity index is 0.00000196. The topological polar surface area (TPSA) is 48.1 Å². The normalized spacial score (nSPS) is 16.2. The first-order valence-electron chi connectivity index (χ1n) is 8.73. The van der Waals surface area contributed by atoms with Crippen molar-refractivity contribution >= 4 is 12.4 Å². The number of rotatable bonds is 5. The molecule has 26 heavy (non-hydrogen) atoms. The van der Waals surface area contributed by atoms with Gasteiger partial charge in [-0.25, -0.2) is 9.67 Å². The Hall–Kier alpha value is -2.15. The molecule has 1 aromatic carbocycles. The average molecular weight is 374 g/mol. The van der Waals surface area contributed by atoms with Crippen LogP contribution in [0.1, 0.15) is 13.0 Å². The first-order valence-corrected chi connectivity index (χ1v) is 8.73. The molecule has 1 aliphatic rings. The minimum absolute atomic E-state index is 0. The van der Waals surface area contributed by atoms with Crippen molar-refractivity contribution in [2.24, 2.45) is 0 Å². The average Bonchev–Trinajstić information content (AvgIpc) is 3.32. The molecule has 1 saturated heterocycles. The van der Waals surface area contributed by atoms with Crippen LogP contribution in [0.4, 0.5) is 0 Å². The summed E-state index contributed by atoms with van der Waals surface area (Å²) in [4.78, 5) is 6.83. The lowest BCUT2D eigenvalue weighted by molar-refractivity contribution is 0.0326. The zero-order valence-electron chi connectivity index (χ0n) is 14.9. The van der Waals surface area contributed by atoms with Crippen molar-refractivity contribution < 1.29 is 4.74 Å². The molecule has 3 aromatic rings. The fourth-order valence-electron chi connectivity index (χ4n) is 3.30. The van der Waals surface area contributed by atoms with Crippen LogP contribution in [0.3, 0.4) is 0 Å². The molecule has 0 amide bonds. The summed E-state index contributed by atoms with van der Waals surface area (Å²) in [5.74, 6) is 0. The Bertz CT molecular complexity index is 810. The third-order valence-corrected chi connectivity index (χ3v) is 4.67. The summed E-state index contributed by atoms with van der Waals surface area (Å²) in [6.45, 7) is 6.89. The smallest absolute Gasteiger partial charge is 0.0953 e. The molecule has 0 radical (unpaired) electrons. The van der Waals surface area contributed by atoms with E-state index in [2.05, 4.69) is 44.8 Å². The van der Waals surface area contributed by atoms with Crippen molar-refractivity contribution in [3.05, 3.63) is 55.2 Å². The maximum atomic E-state index is 5.44. The monoisotopic (exact) mass is 373 g/mol. The summed E-state index contributed by atoms with van der Waals surface area (Å²) in [5, 5.41) is 4.51. The third kappa shape index (κ3) is 3.98. The fourth-order valence-corrected chi connectivity index (χ4v) is 3.30. The molecule has 0 spiro atoms. The molecule has 7 heteroatoms. The van der Waals surface area contributed by atoms with Crippen LogP contribution in [-0.4, -0.2) is 57.1 Å². The second kappa shape index (κ2) is 8.49. The number of ether oxygens (including phenoxy) is 1. The summed E-state index contributed by atoms with van der Waals surface area (Å²) in [5.41, 5.74) is 3.24. The van der Waals surface area contributed by atoms with E-state index in [1.165, 1.54) is 0 Å². The van der Waals surface area contributed by atoms with E-state index in [1.807, 2.05) is 41.6 Å². The van der Waals surface area contributed by atoms with Gasteiger partial charge in [0.25, 0.3) is 0 Å². The number of imidazole rings is 1. The quantitative estimate of drug-likeness (QED) is 0.689. The number of halogens is 1. The lowest BCUT2D eigenvalue weighted by Gasteiger charge is -2.30. The number of hydrogen-bond acceptors (Lipinski definition) is 4. The first-order chi connectivity index (χ1) is 12.3. The molecular weight excluding hydrogens is 350 g/mol. The van der Waals surface area contributed by atoms with Crippen LogP contribution < -0.4 is 0 Å². The maximum Gasteiger partial charge on any atom is 0.0953 e. The van der Waals surface area contributed by atoms with E-state index in [9.17, 15) is 0 Å². The standard InChI is InChI=1S/C19H23N5O.ClH/c1-16(13-22-7-9-25-10-8-22)23-15-20-12-19(23)17-11-21-24(14-17)18-5-3-2-4-6-18;/h2-6,11-12,14-16H,7-10,13H2,1H3;1H. The van der Waals surface area contributed by atoms with Gasteiger partial charge in [-0.3, -0.25) is 4.90 Å². The van der Waals surface area contributed by atoms with E-state index in [4.69, 9.17) is 4.74 Å². The van der Waals surface area contributed by atoms with Crippen molar-refractivity contribution in [2.75, 3.05) is 32.8 Å². The number of morpholine rings is 1. The summed E-state index contributed by atoms with van der Waals surface area (Å²) in [6, 6.07) is 10.5. The van der Waals surface area contributed by atoms with Crippen LogP contribution in [-0.2, 0) is 4.74 Å². The molecule has 2 aromatic heterocycles. The number of para-hydroxylation sites is 1. The second-order valence-electron chi connectivity index (χ2n) is 6.46. The first kappa shape index (κ1) is 18.6. The summed E-state index contributed by atoms with van der Waals surface area (Å²) in [7, 11) is 0. The van der Waals surface area contributed by atoms with Crippen LogP contribution in [0.2, 0.25) is 0 Å². The molecule has 0 aliphatic carbocycles. The van der Waals surface area contributed by atoms with Gasteiger partial charge in [-0.05, 0) is 19.1 Å². The van der Waals surface area contributed by atoms with Gasteiger partial charge in [-0.2, -0.15) is 5.10 Å². The van der Waals surface area contributed by atoms with Crippen LogP contribution in [0.25, 0.3) is 16.9 Å². The van der Waals surface area contributed by atoms with Crippen LogP contribution >= 0.6 is 12.4 Å². The lowest BCUT2D eigenvalue weighted by Crippen LogP contribution is -2.39. The highest BCUT2D eigenvalue weighted by Crippen LogP contribution is 2.23. The Kier molecular flexibility index (Phi) is 6.08. The molecule has 138 valence electrons. The van der Waals surface area contributed by atoms with E-state index < -0.39 is 0 Å². The highest BCUT2D eigenvalue weighted by molar-refractivity contribution is 5.85. The van der Waals surface area contributed by atoms with Crippen molar-refractivity contribution in [2.45, 2.75) is 13.0 Å². The molecule has 1 atom stereocenters. The zero-order valence-corrected chi connectivity index (χ0v) is 15.7. The van der Waals surface area contributed by atoms with Crippen LogP contribution in [0.15, 0.2) is 55.2 Å². The highest BCUT2D eigenvalue weighted by atomic mass is 35.5. The number of nitrogens with zero attached hydrogens (tertiary/aromatic N) is 5. The number of benzene rings is 1. The Morgan fingerprint density at radius 1 is 1.12 bits per heavy atom. The van der Waals surface area contributed by atoms with Gasteiger partial charge in [-0.15, -0.1) is 12.4 Å². The summed E-state index contributed by atoms with van der Waals surface area (Å²) in [6.07, 6.45) is 7.80. The van der Waals surface area contributed by atoms with E-state index in [1.54, 1.807) is 0 Å². The molecule has 0 N–H and O–H groups in total. The van der Waals surface area contributed by atoms with Crippen molar-refractivity contribution in [1.82, 2.24) is 24.2 Å². The number of aromatic nitrogens is 4. The third-order valence-electron chi connectivity index (χ3n) is 4.67. The molecule has 1 fully saturated rings. The van der Waals surface area contributed by atoms with Crippen LogP contribution in [0, 0.1) is 0 Å². The molecule has 1 unspecified atom stereocenters. The predicted molar refractivity (Wildman–Crippen MR) is 104 cm³/mol. The Morgan fingerprint density at radius 2 is 1.88 bits per heavy atom. The fraction of sp³-hybridized carbons (Fsp3) is 0.368. The second-order valence-corrected chi connectivity index (χ2v) is 6.46. The lowest BCUT2D eigenvalue weighted by atomic mass is 10.2. The van der Waals surface area contributed by atoms with Gasteiger partial charge in [-0.1, -0.05) is 18.2 Å². The van der Waals surface area contributed by atoms with E-state index in [0.29, 0.717) is 6.04 Å². The SMILES string of the molecule is CC(CN1CCOCC1)n1cncc1-c1cnn(-c2ccccc2)c1.Cl. The van der Waals surface area contributed by atoms with Crippen molar-refractivity contribution in [3.63, 3.8) is 0 Å². The van der Waals surface area contributed by atoms with E-state index >= 15 is 0 Å². The zero-order chi connectivity index (χ0) is 17.1. The molecule has 3 heterocycles. The summed E-state index contributed by atoms with van der Waals surface area (Å²) < 4.78 is 9.58. The van der Waals surface area contributed by atoms with Crippen molar-refractivity contribution in [3.8, 4) is 16.9 Å². The van der Waals surface area contributed by atoms with Gasteiger partial charge >= 0.3 is 0 Å². The van der Waals surface area contributed by atoms with Gasteiger partial charge in [0.2, 0.25) is 0 Å². The number of hydrogen-bond donors (Lipinski definition) is 0. The largest absolute Gasteiger partial charge is 0.379 e. The minimum Gasteiger partial charge on any atom is -0.379 e. The van der Waals surface area contributed by atoms with Gasteiger partial charge < -0.3 is 9.30 Å². The molecule has 0 bridgehead atoms. The Morgan fingerprint density at radius 3 is 2.65 bits per heavy atom. The van der Waals surface area contributed by atoms with Crippen molar-refractivity contribution in [1.29, 1.82) is 0 Å². The van der Waals surface area contributed by atoms with Crippen LogP contribution in [0.5, 0.6) is 0 Å². The molecule has 6 nitrogen and oxygen atoms in total. The molecule has 4 rings (SSSR count). The highest BCUT2D eigenvalue weighted by Gasteiger charge is 2.17. The summed E-state index contributed by atoms with van der Waals surface area (Å²) >= 11 is 0. The Labute approximate surface area is 159 Å². The predicted octanol–water partition coefficient (Wildman–Crippen LogP) is 3.05. The van der Waals surface area contributed by atoms with E-state index in [0.717, 1.165) is 49.8 Å². The van der Waals surface area contributed by atoms with Gasteiger partial charge in [0, 0.05) is 37.4 Å². The van der Waals surface area contributed by atoms with E-state index in [-0.39, 0.29) is 12.4 Å².